The Morgan fingerprint density at radius 1 is 0.947 bits per heavy atom. The predicted octanol–water partition coefficient (Wildman–Crippen LogP) is 7.41. The van der Waals surface area contributed by atoms with E-state index < -0.39 is 29.7 Å². The minimum atomic E-state index is -4.40. The molecule has 1 unspecified atom stereocenters. The minimum absolute atomic E-state index is 0.147. The molecule has 1 atom stereocenters. The summed E-state index contributed by atoms with van der Waals surface area (Å²) in [6.07, 6.45) is -4.08. The van der Waals surface area contributed by atoms with Gasteiger partial charge in [0.05, 0.1) is 22.7 Å². The summed E-state index contributed by atoms with van der Waals surface area (Å²) in [5, 5.41) is 19.5. The van der Waals surface area contributed by atoms with Gasteiger partial charge in [0.2, 0.25) is 0 Å². The van der Waals surface area contributed by atoms with Crippen LogP contribution in [0.15, 0.2) is 66.7 Å². The number of aromatic nitrogens is 2. The molecule has 3 N–H and O–H groups in total. The summed E-state index contributed by atoms with van der Waals surface area (Å²) in [5.41, 5.74) is 2.37. The van der Waals surface area contributed by atoms with Crippen LogP contribution in [0.1, 0.15) is 83.8 Å². The van der Waals surface area contributed by atoms with Gasteiger partial charge >= 0.3 is 12.1 Å². The zero-order chi connectivity index (χ0) is 28.5. The van der Waals surface area contributed by atoms with Crippen molar-refractivity contribution in [3.05, 3.63) is 100 Å². The van der Waals surface area contributed by atoms with E-state index >= 15 is 0 Å². The Bertz CT molecular complexity index is 1350. The first-order valence-corrected chi connectivity index (χ1v) is 12.4. The number of benzene rings is 3. The molecule has 1 aromatic heterocycles. The number of hydrogen-bond acceptors (Lipinski definition) is 3. The van der Waals surface area contributed by atoms with E-state index in [9.17, 15) is 22.8 Å². The van der Waals surface area contributed by atoms with E-state index in [0.717, 1.165) is 23.3 Å². The van der Waals surface area contributed by atoms with Crippen molar-refractivity contribution < 1.29 is 27.9 Å². The molecule has 38 heavy (non-hydrogen) atoms. The van der Waals surface area contributed by atoms with Crippen LogP contribution >= 0.6 is 0 Å². The molecule has 4 rings (SSSR count). The average molecular weight is 528 g/mol. The first kappa shape index (κ1) is 30.1. The average Bonchev–Trinajstić information content (AvgIpc) is 3.36. The number of rotatable bonds is 6. The number of nitrogens with zero attached hydrogens (tertiary/aromatic N) is 1. The molecule has 0 bridgehead atoms. The number of aromatic carboxylic acids is 1. The monoisotopic (exact) mass is 527 g/mol. The number of nitrogens with one attached hydrogen (secondary N) is 2. The molecule has 1 heterocycles. The maximum absolute atomic E-state index is 13.0. The lowest BCUT2D eigenvalue weighted by Gasteiger charge is -2.14. The molecule has 0 spiro atoms. The summed E-state index contributed by atoms with van der Waals surface area (Å²) < 4.78 is 38.6. The van der Waals surface area contributed by atoms with Gasteiger partial charge in [-0.3, -0.25) is 9.89 Å². The molecular weight excluding hydrogens is 495 g/mol. The van der Waals surface area contributed by atoms with Gasteiger partial charge < -0.3 is 10.4 Å². The van der Waals surface area contributed by atoms with Gasteiger partial charge in [0.1, 0.15) is 0 Å². The number of hydrogen-bond donors (Lipinski definition) is 3. The number of aromatic amines is 1. The van der Waals surface area contributed by atoms with Gasteiger partial charge in [-0.05, 0) is 60.4 Å². The predicted molar refractivity (Wildman–Crippen MR) is 142 cm³/mol. The van der Waals surface area contributed by atoms with Crippen molar-refractivity contribution in [2.45, 2.75) is 53.3 Å². The normalized spacial score (nSPS) is 11.5. The molecule has 4 aromatic rings. The Morgan fingerprint density at radius 3 is 2.11 bits per heavy atom. The van der Waals surface area contributed by atoms with Crippen molar-refractivity contribution in [3.8, 4) is 0 Å². The summed E-state index contributed by atoms with van der Waals surface area (Å²) in [6.45, 7) is 9.77. The van der Waals surface area contributed by atoms with Crippen LogP contribution in [0, 0.1) is 0 Å². The Hall–Kier alpha value is -4.14. The Kier molecular flexibility index (Phi) is 10.6. The number of carboxylic acid groups (broad SMARTS) is 1. The van der Waals surface area contributed by atoms with Crippen molar-refractivity contribution in [1.82, 2.24) is 15.5 Å². The van der Waals surface area contributed by atoms with E-state index in [1.807, 2.05) is 27.7 Å². The second-order valence-corrected chi connectivity index (χ2v) is 7.91. The number of carboxylic acids is 1. The molecular formula is C29H32F3N3O3. The van der Waals surface area contributed by atoms with Crippen molar-refractivity contribution in [3.63, 3.8) is 0 Å². The zero-order valence-electron chi connectivity index (χ0n) is 22.0. The molecule has 6 nitrogen and oxygen atoms in total. The molecule has 0 aliphatic heterocycles. The van der Waals surface area contributed by atoms with Crippen LogP contribution in [0.25, 0.3) is 10.9 Å². The number of H-pyrrole nitrogens is 1. The van der Waals surface area contributed by atoms with Gasteiger partial charge in [0.15, 0.2) is 5.69 Å². The number of carbonyl (C=O) groups excluding carboxylic acids is 1. The second kappa shape index (κ2) is 13.4. The van der Waals surface area contributed by atoms with Crippen molar-refractivity contribution >= 4 is 22.8 Å². The van der Waals surface area contributed by atoms with Crippen molar-refractivity contribution in [2.24, 2.45) is 0 Å². The Labute approximate surface area is 219 Å². The van der Waals surface area contributed by atoms with Gasteiger partial charge in [-0.15, -0.1) is 0 Å². The Balaban J connectivity index is 0.00000121. The Morgan fingerprint density at radius 2 is 1.55 bits per heavy atom. The summed E-state index contributed by atoms with van der Waals surface area (Å²) >= 11 is 0. The van der Waals surface area contributed by atoms with Gasteiger partial charge in [0, 0.05) is 5.39 Å². The number of amides is 1. The maximum Gasteiger partial charge on any atom is 0.416 e. The SMILES string of the molecule is CC.CC.CC(NC(=O)c1n[nH]c2cccc(Cc3ccc(C(F)(F)F)cc3)c12)c1ccc(C(=O)O)cc1. The number of halogens is 3. The van der Waals surface area contributed by atoms with Crippen LogP contribution in [0.5, 0.6) is 0 Å². The van der Waals surface area contributed by atoms with E-state index in [1.54, 1.807) is 37.3 Å². The number of alkyl halides is 3. The van der Waals surface area contributed by atoms with Crippen LogP contribution in [0.2, 0.25) is 0 Å². The number of carbonyl (C=O) groups is 2. The molecule has 0 radical (unpaired) electrons. The lowest BCUT2D eigenvalue weighted by Crippen LogP contribution is -2.27. The van der Waals surface area contributed by atoms with Gasteiger partial charge in [-0.25, -0.2) is 4.79 Å². The topological polar surface area (TPSA) is 95.1 Å². The van der Waals surface area contributed by atoms with Crippen molar-refractivity contribution in [1.29, 1.82) is 0 Å². The summed E-state index contributed by atoms with van der Waals surface area (Å²) in [5.74, 6) is -1.47. The second-order valence-electron chi connectivity index (χ2n) is 7.91. The third-order valence-corrected chi connectivity index (χ3v) is 5.57. The van der Waals surface area contributed by atoms with Crippen molar-refractivity contribution in [2.75, 3.05) is 0 Å². The fourth-order valence-corrected chi connectivity index (χ4v) is 3.75. The summed E-state index contributed by atoms with van der Waals surface area (Å²) in [4.78, 5) is 24.1. The highest BCUT2D eigenvalue weighted by Gasteiger charge is 2.30. The summed E-state index contributed by atoms with van der Waals surface area (Å²) in [7, 11) is 0. The van der Waals surface area contributed by atoms with E-state index in [0.29, 0.717) is 22.9 Å². The maximum atomic E-state index is 13.0. The molecule has 0 fully saturated rings. The first-order valence-electron chi connectivity index (χ1n) is 12.4. The van der Waals surface area contributed by atoms with E-state index in [2.05, 4.69) is 15.5 Å². The molecule has 0 aliphatic carbocycles. The minimum Gasteiger partial charge on any atom is -0.478 e. The largest absolute Gasteiger partial charge is 0.478 e. The summed E-state index contributed by atoms with van der Waals surface area (Å²) in [6, 6.07) is 16.1. The molecule has 202 valence electrons. The molecule has 3 aromatic carbocycles. The first-order chi connectivity index (χ1) is 18.1. The fourth-order valence-electron chi connectivity index (χ4n) is 3.75. The highest BCUT2D eigenvalue weighted by atomic mass is 19.4. The van der Waals surface area contributed by atoms with E-state index in [1.165, 1.54) is 24.3 Å². The smallest absolute Gasteiger partial charge is 0.416 e. The van der Waals surface area contributed by atoms with Gasteiger partial charge in [-0.2, -0.15) is 18.3 Å². The van der Waals surface area contributed by atoms with E-state index in [-0.39, 0.29) is 11.3 Å². The van der Waals surface area contributed by atoms with Gasteiger partial charge in [0.25, 0.3) is 5.91 Å². The molecule has 0 aliphatic rings. The molecule has 9 heteroatoms. The van der Waals surface area contributed by atoms with E-state index in [4.69, 9.17) is 5.11 Å². The fraction of sp³-hybridized carbons (Fsp3) is 0.276. The van der Waals surface area contributed by atoms with Gasteiger partial charge in [-0.1, -0.05) is 64.1 Å². The molecule has 0 saturated heterocycles. The van der Waals surface area contributed by atoms with Crippen LogP contribution in [-0.4, -0.2) is 27.2 Å². The van der Waals surface area contributed by atoms with Crippen LogP contribution in [0.4, 0.5) is 13.2 Å². The number of fused-ring (bicyclic) bond motifs is 1. The zero-order valence-corrected chi connectivity index (χ0v) is 22.0. The van der Waals surface area contributed by atoms with Crippen LogP contribution in [0.3, 0.4) is 0 Å². The molecule has 1 amide bonds. The van der Waals surface area contributed by atoms with Crippen LogP contribution < -0.4 is 5.32 Å². The lowest BCUT2D eigenvalue weighted by molar-refractivity contribution is -0.137. The quantitative estimate of drug-likeness (QED) is 0.243. The highest BCUT2D eigenvalue weighted by molar-refractivity contribution is 6.06. The molecule has 0 saturated carbocycles. The standard InChI is InChI=1S/C25H20F3N3O3.2C2H6/c1-14(16-7-9-17(10-8-16)24(33)34)29-23(32)22-21-18(3-2-4-20(21)30-31-22)13-15-5-11-19(12-6-15)25(26,27)28;2*1-2/h2-12,14H,13H2,1H3,(H,29,32)(H,30,31)(H,33,34);2*1-2H3. The third kappa shape index (κ3) is 7.21. The highest BCUT2D eigenvalue weighted by Crippen LogP contribution is 2.30. The third-order valence-electron chi connectivity index (χ3n) is 5.57. The van der Waals surface area contributed by atoms with Crippen LogP contribution in [-0.2, 0) is 12.6 Å². The lowest BCUT2D eigenvalue weighted by atomic mass is 9.99.